The van der Waals surface area contributed by atoms with Gasteiger partial charge in [0.2, 0.25) is 0 Å². The van der Waals surface area contributed by atoms with Gasteiger partial charge in [0.1, 0.15) is 10.6 Å². The van der Waals surface area contributed by atoms with Gasteiger partial charge in [0.25, 0.3) is 5.56 Å². The minimum Gasteiger partial charge on any atom is -0.496 e. The molecule has 2 aromatic rings. The quantitative estimate of drug-likeness (QED) is 0.873. The second-order valence-electron chi connectivity index (χ2n) is 3.61. The number of hydrogen-bond acceptors (Lipinski definition) is 2. The van der Waals surface area contributed by atoms with Gasteiger partial charge in [0, 0.05) is 11.8 Å². The lowest BCUT2D eigenvalue weighted by Gasteiger charge is -2.11. The fourth-order valence-electron chi connectivity index (χ4n) is 1.83. The van der Waals surface area contributed by atoms with E-state index in [1.807, 2.05) is 24.3 Å². The molecule has 0 aliphatic heterocycles. The zero-order valence-corrected chi connectivity index (χ0v) is 10.7. The van der Waals surface area contributed by atoms with E-state index in [-0.39, 0.29) is 12.0 Å². The number of benzene rings is 1. The third-order valence-corrected chi connectivity index (χ3v) is 2.84. The monoisotopic (exact) mass is 271 g/mol. The summed E-state index contributed by atoms with van der Waals surface area (Å²) in [5.74, 6) is 0.538. The second-order valence-corrected chi connectivity index (χ2v) is 4.88. The van der Waals surface area contributed by atoms with Gasteiger partial charge in [-0.1, -0.05) is 12.1 Å². The second kappa shape index (κ2) is 4.98. The topological polar surface area (TPSA) is 42.1 Å². The van der Waals surface area contributed by atoms with Crippen molar-refractivity contribution in [3.05, 3.63) is 40.2 Å². The molecule has 1 aromatic carbocycles. The van der Waals surface area contributed by atoms with E-state index in [9.17, 15) is 4.79 Å². The van der Waals surface area contributed by atoms with Gasteiger partial charge in [-0.15, -0.1) is 23.2 Å². The van der Waals surface area contributed by atoms with Crippen LogP contribution in [-0.4, -0.2) is 16.9 Å². The van der Waals surface area contributed by atoms with E-state index in [2.05, 4.69) is 4.98 Å². The zero-order valence-electron chi connectivity index (χ0n) is 9.17. The number of pyridine rings is 1. The Bertz CT molecular complexity index is 593. The van der Waals surface area contributed by atoms with Gasteiger partial charge in [-0.05, 0) is 12.1 Å². The Hall–Kier alpha value is -1.19. The standard InChI is InChI=1S/C12H11Cl2NO2/c1-17-11-7-4-2-3-5-9(7)15-12(16)8(11)6-10(13)14/h2-5,10H,6H2,1H3,(H,15,16). The number of H-pyrrole nitrogens is 1. The highest BCUT2D eigenvalue weighted by Crippen LogP contribution is 2.27. The summed E-state index contributed by atoms with van der Waals surface area (Å²) in [6, 6.07) is 7.43. The molecule has 0 amide bonds. The van der Waals surface area contributed by atoms with Crippen LogP contribution in [0.2, 0.25) is 0 Å². The molecule has 0 unspecified atom stereocenters. The van der Waals surface area contributed by atoms with Crippen molar-refractivity contribution in [1.82, 2.24) is 4.98 Å². The van der Waals surface area contributed by atoms with Crippen molar-refractivity contribution in [3.63, 3.8) is 0 Å². The molecule has 1 N–H and O–H groups in total. The third-order valence-electron chi connectivity index (χ3n) is 2.53. The van der Waals surface area contributed by atoms with Crippen LogP contribution in [0.5, 0.6) is 5.75 Å². The number of ether oxygens (including phenoxy) is 1. The minimum atomic E-state index is -0.633. The Morgan fingerprint density at radius 3 is 2.71 bits per heavy atom. The minimum absolute atomic E-state index is 0.216. The van der Waals surface area contributed by atoms with E-state index < -0.39 is 4.84 Å². The average Bonchev–Trinajstić information content (AvgIpc) is 2.29. The Morgan fingerprint density at radius 2 is 2.06 bits per heavy atom. The van der Waals surface area contributed by atoms with Crippen LogP contribution in [0.3, 0.4) is 0 Å². The molecule has 2 rings (SSSR count). The summed E-state index contributed by atoms with van der Waals surface area (Å²) in [6.45, 7) is 0. The molecule has 5 heteroatoms. The number of nitrogens with one attached hydrogen (secondary N) is 1. The predicted molar refractivity (Wildman–Crippen MR) is 70.3 cm³/mol. The molecule has 0 saturated carbocycles. The molecule has 0 aliphatic rings. The van der Waals surface area contributed by atoms with E-state index in [0.29, 0.717) is 11.3 Å². The lowest BCUT2D eigenvalue weighted by Crippen LogP contribution is -2.16. The Labute approximate surface area is 108 Å². The molecule has 0 atom stereocenters. The van der Waals surface area contributed by atoms with Crippen LogP contribution in [-0.2, 0) is 6.42 Å². The molecule has 0 spiro atoms. The van der Waals surface area contributed by atoms with Crippen molar-refractivity contribution in [2.24, 2.45) is 0 Å². The predicted octanol–water partition coefficient (Wildman–Crippen LogP) is 2.88. The van der Waals surface area contributed by atoms with Gasteiger partial charge in [0.05, 0.1) is 18.2 Å². The maximum atomic E-state index is 11.9. The Kier molecular flexibility index (Phi) is 3.60. The molecule has 17 heavy (non-hydrogen) atoms. The summed E-state index contributed by atoms with van der Waals surface area (Å²) in [6.07, 6.45) is 0.256. The zero-order chi connectivity index (χ0) is 12.4. The number of halogens is 2. The molecule has 0 bridgehead atoms. The molecule has 1 aromatic heterocycles. The summed E-state index contributed by atoms with van der Waals surface area (Å²) < 4.78 is 5.30. The van der Waals surface area contributed by atoms with Gasteiger partial charge in [-0.25, -0.2) is 0 Å². The summed E-state index contributed by atoms with van der Waals surface area (Å²) >= 11 is 11.4. The van der Waals surface area contributed by atoms with Crippen molar-refractivity contribution in [1.29, 1.82) is 0 Å². The smallest absolute Gasteiger partial charge is 0.255 e. The molecular formula is C12H11Cl2NO2. The number of rotatable bonds is 3. The Morgan fingerprint density at radius 1 is 1.35 bits per heavy atom. The highest BCUT2D eigenvalue weighted by Gasteiger charge is 2.15. The van der Waals surface area contributed by atoms with Crippen LogP contribution in [0.4, 0.5) is 0 Å². The first-order valence-corrected chi connectivity index (χ1v) is 5.96. The summed E-state index contributed by atoms with van der Waals surface area (Å²) in [4.78, 5) is 14.0. The number of aromatic amines is 1. The van der Waals surface area contributed by atoms with Crippen LogP contribution in [0.15, 0.2) is 29.1 Å². The molecule has 0 aliphatic carbocycles. The molecule has 0 saturated heterocycles. The van der Waals surface area contributed by atoms with E-state index in [1.165, 1.54) is 7.11 Å². The molecule has 90 valence electrons. The van der Waals surface area contributed by atoms with E-state index in [4.69, 9.17) is 27.9 Å². The van der Waals surface area contributed by atoms with Crippen LogP contribution in [0.1, 0.15) is 5.56 Å². The van der Waals surface area contributed by atoms with E-state index in [1.54, 1.807) is 0 Å². The van der Waals surface area contributed by atoms with Crippen LogP contribution in [0.25, 0.3) is 10.9 Å². The van der Waals surface area contributed by atoms with Crippen molar-refractivity contribution in [3.8, 4) is 5.75 Å². The maximum Gasteiger partial charge on any atom is 0.255 e. The van der Waals surface area contributed by atoms with E-state index >= 15 is 0 Å². The molecular weight excluding hydrogens is 261 g/mol. The highest BCUT2D eigenvalue weighted by molar-refractivity contribution is 6.44. The normalized spacial score (nSPS) is 11.1. The number of methoxy groups -OCH3 is 1. The highest BCUT2D eigenvalue weighted by atomic mass is 35.5. The summed E-state index contributed by atoms with van der Waals surface area (Å²) in [7, 11) is 1.53. The maximum absolute atomic E-state index is 11.9. The van der Waals surface area contributed by atoms with Crippen molar-refractivity contribution in [2.45, 2.75) is 11.3 Å². The van der Waals surface area contributed by atoms with Gasteiger partial charge in [-0.2, -0.15) is 0 Å². The first-order chi connectivity index (χ1) is 8.13. The van der Waals surface area contributed by atoms with Crippen molar-refractivity contribution in [2.75, 3.05) is 7.11 Å². The first-order valence-electron chi connectivity index (χ1n) is 5.09. The van der Waals surface area contributed by atoms with Crippen molar-refractivity contribution >= 4 is 34.1 Å². The number of fused-ring (bicyclic) bond motifs is 1. The fraction of sp³-hybridized carbons (Fsp3) is 0.250. The lowest BCUT2D eigenvalue weighted by molar-refractivity contribution is 0.414. The van der Waals surface area contributed by atoms with Gasteiger partial charge in [-0.3, -0.25) is 4.79 Å². The lowest BCUT2D eigenvalue weighted by atomic mass is 10.1. The van der Waals surface area contributed by atoms with Crippen molar-refractivity contribution < 1.29 is 4.74 Å². The first kappa shape index (κ1) is 12.3. The largest absolute Gasteiger partial charge is 0.496 e. The molecule has 0 fully saturated rings. The molecule has 1 heterocycles. The number of para-hydroxylation sites is 1. The van der Waals surface area contributed by atoms with Gasteiger partial charge in [0.15, 0.2) is 0 Å². The number of hydrogen-bond donors (Lipinski definition) is 1. The van der Waals surface area contributed by atoms with E-state index in [0.717, 1.165) is 10.9 Å². The molecule has 0 radical (unpaired) electrons. The summed E-state index contributed by atoms with van der Waals surface area (Å²) in [5.41, 5.74) is 0.992. The van der Waals surface area contributed by atoms with Crippen LogP contribution >= 0.6 is 23.2 Å². The third kappa shape index (κ3) is 2.40. The number of alkyl halides is 2. The Balaban J connectivity index is 2.74. The van der Waals surface area contributed by atoms with Gasteiger partial charge >= 0.3 is 0 Å². The van der Waals surface area contributed by atoms with Gasteiger partial charge < -0.3 is 9.72 Å². The fourth-order valence-corrected chi connectivity index (χ4v) is 2.14. The average molecular weight is 272 g/mol. The number of aromatic nitrogens is 1. The van der Waals surface area contributed by atoms with Crippen LogP contribution < -0.4 is 10.3 Å². The summed E-state index contributed by atoms with van der Waals surface area (Å²) in [5, 5.41) is 0.846. The molecule has 3 nitrogen and oxygen atoms in total. The SMILES string of the molecule is COc1c(CC(Cl)Cl)c(=O)[nH]c2ccccc12. The van der Waals surface area contributed by atoms with Crippen LogP contribution in [0, 0.1) is 0 Å².